The summed E-state index contributed by atoms with van der Waals surface area (Å²) in [5, 5.41) is 0. The summed E-state index contributed by atoms with van der Waals surface area (Å²) >= 11 is 0. The highest BCUT2D eigenvalue weighted by molar-refractivity contribution is 2.51. The molecule has 0 aromatic rings. The largest absolute Gasteiger partial charge is 0.412 e. The highest BCUT2D eigenvalue weighted by Crippen LogP contribution is 0.149. The van der Waals surface area contributed by atoms with E-state index in [4.69, 9.17) is 0 Å². The Morgan fingerprint density at radius 3 is 0.429 bits per heavy atom. The zero-order chi connectivity index (χ0) is 0. The summed E-state index contributed by atoms with van der Waals surface area (Å²) in [6.45, 7) is 0. The van der Waals surface area contributed by atoms with Crippen molar-refractivity contribution in [3.8, 4) is 0 Å². The molecule has 0 aliphatic heterocycles. The molecule has 0 fully saturated rings. The molecule has 0 radical (unpaired) electrons. The third-order valence-electron chi connectivity index (χ3n) is 0. The van der Waals surface area contributed by atoms with Gasteiger partial charge in [-0.15, -0.1) is 0 Å². The van der Waals surface area contributed by atoms with Crippen molar-refractivity contribution in [2.45, 2.75) is 44.6 Å². The topological polar surface area (TPSA) is 31.5 Å². The van der Waals surface area contributed by atoms with Crippen LogP contribution in [0, 0.1) is 0 Å². The second-order valence-corrected chi connectivity index (χ2v) is 0. The molecular formula is C6H28O. The quantitative estimate of drug-likeness (QED) is 0.465. The van der Waals surface area contributed by atoms with E-state index in [9.17, 15) is 0 Å². The predicted octanol–water partition coefficient (Wildman–Crippen LogP) is 3.24. The molecule has 0 amide bonds. The van der Waals surface area contributed by atoms with Crippen LogP contribution in [-0.4, -0.2) is 5.48 Å². The average molecular weight is 116 g/mol. The van der Waals surface area contributed by atoms with Gasteiger partial charge in [0.2, 0.25) is 0 Å². The van der Waals surface area contributed by atoms with E-state index in [0.29, 0.717) is 0 Å². The Labute approximate surface area is 52.6 Å². The Bertz CT molecular complexity index is 8.49. The van der Waals surface area contributed by atoms with Crippen LogP contribution >= 0.6 is 0 Å². The van der Waals surface area contributed by atoms with Crippen molar-refractivity contribution < 1.29 is 6.90 Å². The second kappa shape index (κ2) is 91600. The zero-order valence-corrected chi connectivity index (χ0v) is 0.500. The Balaban J connectivity index is 0. The van der Waals surface area contributed by atoms with Crippen molar-refractivity contribution in [3.05, 3.63) is 0 Å². The van der Waals surface area contributed by atoms with Crippen LogP contribution in [0.1, 0.15) is 46.0 Å². The molecule has 0 spiro atoms. The van der Waals surface area contributed by atoms with Crippen molar-refractivity contribution in [3.63, 3.8) is 0 Å². The fourth-order valence-electron chi connectivity index (χ4n) is 0. The van der Waals surface area contributed by atoms with Gasteiger partial charge in [-0.1, -0.05) is 44.6 Å². The lowest BCUT2D eigenvalue weighted by atomic mass is 12.0. The summed E-state index contributed by atoms with van der Waals surface area (Å²) in [7, 11) is 0. The minimum atomic E-state index is 0. The zero-order valence-electron chi connectivity index (χ0n) is 0.500. The first-order valence-corrected chi connectivity index (χ1v) is 0. The van der Waals surface area contributed by atoms with Crippen LogP contribution in [0.4, 0.5) is 0 Å². The average Bonchev–Trinajstić information content (AvgIpc) is 0. The molecule has 0 bridgehead atoms. The van der Waals surface area contributed by atoms with Crippen molar-refractivity contribution in [2.24, 2.45) is 0 Å². The summed E-state index contributed by atoms with van der Waals surface area (Å²) in [4.78, 5) is 0. The van der Waals surface area contributed by atoms with Gasteiger partial charge >= 0.3 is 0 Å². The van der Waals surface area contributed by atoms with Crippen LogP contribution < -0.4 is 0 Å². The Hall–Kier alpha value is -0.0400. The molecule has 0 unspecified atom stereocenters. The first kappa shape index (κ1) is 155000. The van der Waals surface area contributed by atoms with Crippen LogP contribution in [0.2, 0.25) is 0 Å². The van der Waals surface area contributed by atoms with Crippen LogP contribution in [0.5, 0.6) is 0 Å². The van der Waals surface area contributed by atoms with Crippen LogP contribution in [0.3, 0.4) is 0 Å². The molecule has 7 heavy (non-hydrogen) atoms. The molecule has 0 atom stereocenters. The molecule has 0 saturated carbocycles. The molecule has 0 heterocycles. The van der Waals surface area contributed by atoms with Crippen LogP contribution in [0.25, 0.3) is 0 Å². The van der Waals surface area contributed by atoms with E-state index in [1.165, 1.54) is 0 Å². The lowest BCUT2D eigenvalue weighted by Crippen LogP contribution is -0.289. The number of hydrogen-bond acceptors (Lipinski definition) is 0. The smallest absolute Gasteiger partial charge is 0 e. The highest BCUT2D eigenvalue weighted by Gasteiger charge is -0.0725. The fraction of sp³-hybridized carbons (Fsp3) is 1.00. The van der Waals surface area contributed by atoms with Gasteiger partial charge in [0.25, 0.3) is 0 Å². The SMILES string of the molecule is C.C.C.C.C.C.O.[HH]. The van der Waals surface area contributed by atoms with Gasteiger partial charge in [-0.2, -0.15) is 0 Å². The van der Waals surface area contributed by atoms with E-state index in [2.05, 4.69) is 0 Å². The normalized spacial score (nSPS) is 0. The molecule has 0 saturated heterocycles. The van der Waals surface area contributed by atoms with Gasteiger partial charge in [0.1, 0.15) is 0 Å². The van der Waals surface area contributed by atoms with E-state index < -0.39 is 0 Å². The molecule has 0 aromatic carbocycles. The van der Waals surface area contributed by atoms with Gasteiger partial charge in [-0.3, -0.25) is 0 Å². The maximum atomic E-state index is 0. The molecule has 58 valence electrons. The minimum absolute atomic E-state index is 0. The van der Waals surface area contributed by atoms with Gasteiger partial charge in [0, 0.05) is 1.43 Å². The highest BCUT2D eigenvalue weighted by atomic mass is 16.0. The molecule has 0 aliphatic carbocycles. The predicted molar refractivity (Wildman–Crippen MR) is 46.1 cm³/mol. The lowest BCUT2D eigenvalue weighted by molar-refractivity contribution is 0.824. The molecule has 0 aromatic heterocycles. The Kier molecular flexibility index (Phi) is 2020000000. The van der Waals surface area contributed by atoms with Gasteiger partial charge in [-0.05, 0) is 0 Å². The molecular weight excluding hydrogens is 88.1 g/mol. The lowest BCUT2D eigenvalue weighted by Gasteiger charge is -0.412. The van der Waals surface area contributed by atoms with Crippen molar-refractivity contribution >= 4 is 0 Å². The summed E-state index contributed by atoms with van der Waals surface area (Å²) < 4.78 is 0. The Morgan fingerprint density at radius 1 is 0.429 bits per heavy atom. The third-order valence-corrected chi connectivity index (χ3v) is 0. The third kappa shape index (κ3) is 58400. The summed E-state index contributed by atoms with van der Waals surface area (Å²) in [6, 6.07) is 0. The number of rotatable bonds is 0. The first-order valence-electron chi connectivity index (χ1n) is 0. The number of hydrogen-bond donors (Lipinski definition) is 0. The second-order valence-electron chi connectivity index (χ2n) is 0. The fourth-order valence-corrected chi connectivity index (χ4v) is 0. The molecule has 0 rings (SSSR count). The van der Waals surface area contributed by atoms with Gasteiger partial charge in [0.05, 0.1) is 0 Å². The van der Waals surface area contributed by atoms with E-state index >= 15 is 0 Å². The molecule has 2 N–H and O–H groups in total. The van der Waals surface area contributed by atoms with Crippen molar-refractivity contribution in [1.29, 1.82) is 0 Å². The van der Waals surface area contributed by atoms with Crippen LogP contribution in [0.15, 0.2) is 0 Å². The minimum Gasteiger partial charge on any atom is -0.412 e. The Morgan fingerprint density at radius 2 is 0.429 bits per heavy atom. The van der Waals surface area contributed by atoms with E-state index in [1.807, 2.05) is 0 Å². The maximum Gasteiger partial charge on any atom is 0 e. The summed E-state index contributed by atoms with van der Waals surface area (Å²) in [6.07, 6.45) is 0. The van der Waals surface area contributed by atoms with Gasteiger partial charge in [-0.25, -0.2) is 0 Å². The summed E-state index contributed by atoms with van der Waals surface area (Å²) in [5.74, 6) is 0. The van der Waals surface area contributed by atoms with E-state index in [1.54, 1.807) is 0 Å². The van der Waals surface area contributed by atoms with Crippen molar-refractivity contribution in [2.75, 3.05) is 0 Å². The standard InChI is InChI=1S/6CH4.H2O.H2/h6*1H4;1H2;1H. The van der Waals surface area contributed by atoms with Crippen molar-refractivity contribution in [1.82, 2.24) is 0 Å². The van der Waals surface area contributed by atoms with Gasteiger partial charge < -0.3 is 5.48 Å². The van der Waals surface area contributed by atoms with Crippen LogP contribution in [-0.2, 0) is 0 Å². The molecule has 1 nitrogen and oxygen atoms in total. The molecule has 1 heteroatoms. The van der Waals surface area contributed by atoms with Gasteiger partial charge in [0.15, 0.2) is 0 Å². The summed E-state index contributed by atoms with van der Waals surface area (Å²) in [5.41, 5.74) is 0. The van der Waals surface area contributed by atoms with E-state index in [0.717, 1.165) is 0 Å². The van der Waals surface area contributed by atoms with E-state index in [-0.39, 0.29) is 51.5 Å². The first-order chi connectivity index (χ1) is 0. The monoisotopic (exact) mass is 116 g/mol. The molecule has 0 aliphatic rings. The maximum absolute atomic E-state index is 0.